The molecule has 1 amide bonds. The van der Waals surface area contributed by atoms with Gasteiger partial charge in [-0.15, -0.1) is 5.10 Å². The lowest BCUT2D eigenvalue weighted by atomic mass is 10.2. The topological polar surface area (TPSA) is 49.3 Å². The van der Waals surface area contributed by atoms with Gasteiger partial charge in [-0.25, -0.2) is 0 Å². The van der Waals surface area contributed by atoms with Crippen LogP contribution in [0.4, 0.5) is 5.82 Å². The average molecular weight is 294 g/mol. The van der Waals surface area contributed by atoms with E-state index in [1.165, 1.54) is 0 Å². The molecule has 3 rings (SSSR count). The van der Waals surface area contributed by atoms with E-state index in [0.717, 1.165) is 24.5 Å². The van der Waals surface area contributed by atoms with Crippen LogP contribution in [0.3, 0.4) is 0 Å². The number of nitrogens with zero attached hydrogens (tertiary/aromatic N) is 4. The molecule has 0 saturated carbocycles. The first-order chi connectivity index (χ1) is 10.8. The number of benzene rings is 1. The van der Waals surface area contributed by atoms with Crippen molar-refractivity contribution in [2.45, 2.75) is 0 Å². The summed E-state index contributed by atoms with van der Waals surface area (Å²) < 4.78 is 0. The molecule has 2 aromatic rings. The van der Waals surface area contributed by atoms with Crippen LogP contribution in [0, 0.1) is 0 Å². The Bertz CT molecular complexity index is 634. The highest BCUT2D eigenvalue weighted by atomic mass is 16.2. The third-order valence-corrected chi connectivity index (χ3v) is 3.69. The number of carbonyl (C=O) groups excluding carboxylic acids is 1. The summed E-state index contributed by atoms with van der Waals surface area (Å²) in [5.41, 5.74) is 1.04. The first-order valence-electron chi connectivity index (χ1n) is 7.37. The molecule has 0 spiro atoms. The van der Waals surface area contributed by atoms with E-state index in [0.29, 0.717) is 13.1 Å². The summed E-state index contributed by atoms with van der Waals surface area (Å²) in [6.07, 6.45) is 5.17. The fourth-order valence-corrected chi connectivity index (χ4v) is 2.46. The van der Waals surface area contributed by atoms with Gasteiger partial charge in [-0.2, -0.15) is 5.10 Å². The van der Waals surface area contributed by atoms with Crippen molar-refractivity contribution in [1.82, 2.24) is 15.1 Å². The molecule has 0 bridgehead atoms. The van der Waals surface area contributed by atoms with Gasteiger partial charge in [-0.1, -0.05) is 30.3 Å². The van der Waals surface area contributed by atoms with Crippen LogP contribution in [-0.2, 0) is 4.79 Å². The maximum atomic E-state index is 12.2. The molecule has 112 valence electrons. The van der Waals surface area contributed by atoms with Crippen molar-refractivity contribution in [1.29, 1.82) is 0 Å². The average Bonchev–Trinajstić information content (AvgIpc) is 2.61. The van der Waals surface area contributed by atoms with Crippen LogP contribution in [-0.4, -0.2) is 47.2 Å². The standard InChI is InChI=1S/C17H18N4O/c22-17(9-8-15-5-2-1-3-6-15)21-13-11-20(12-14-21)16-7-4-10-18-19-16/h1-10H,11-14H2/b9-8+. The zero-order valence-electron chi connectivity index (χ0n) is 12.3. The molecule has 5 heteroatoms. The fraction of sp³-hybridized carbons (Fsp3) is 0.235. The Balaban J connectivity index is 1.55. The van der Waals surface area contributed by atoms with E-state index in [9.17, 15) is 4.79 Å². The minimum absolute atomic E-state index is 0.0580. The van der Waals surface area contributed by atoms with Crippen LogP contribution in [0.5, 0.6) is 0 Å². The molecule has 0 aliphatic carbocycles. The van der Waals surface area contributed by atoms with E-state index in [-0.39, 0.29) is 5.91 Å². The maximum absolute atomic E-state index is 12.2. The predicted octanol–water partition coefficient (Wildman–Crippen LogP) is 1.84. The monoisotopic (exact) mass is 294 g/mol. The lowest BCUT2D eigenvalue weighted by Gasteiger charge is -2.34. The van der Waals surface area contributed by atoms with Gasteiger partial charge in [-0.3, -0.25) is 4.79 Å². The molecule has 0 N–H and O–H groups in total. The second kappa shape index (κ2) is 6.85. The summed E-state index contributed by atoms with van der Waals surface area (Å²) in [5, 5.41) is 8.00. The smallest absolute Gasteiger partial charge is 0.246 e. The number of aromatic nitrogens is 2. The Morgan fingerprint density at radius 3 is 2.45 bits per heavy atom. The van der Waals surface area contributed by atoms with E-state index in [1.54, 1.807) is 12.3 Å². The summed E-state index contributed by atoms with van der Waals surface area (Å²) in [6.45, 7) is 2.97. The third-order valence-electron chi connectivity index (χ3n) is 3.69. The van der Waals surface area contributed by atoms with Crippen molar-refractivity contribution in [2.24, 2.45) is 0 Å². The second-order valence-electron chi connectivity index (χ2n) is 5.14. The molecule has 1 aliphatic heterocycles. The third kappa shape index (κ3) is 3.49. The summed E-state index contributed by atoms with van der Waals surface area (Å²) in [4.78, 5) is 16.2. The Kier molecular flexibility index (Phi) is 4.44. The minimum Gasteiger partial charge on any atom is -0.352 e. The molecule has 0 atom stereocenters. The van der Waals surface area contributed by atoms with Crippen molar-refractivity contribution < 1.29 is 4.79 Å². The van der Waals surface area contributed by atoms with Gasteiger partial charge in [-0.05, 0) is 23.8 Å². The normalized spacial score (nSPS) is 15.3. The lowest BCUT2D eigenvalue weighted by Crippen LogP contribution is -2.48. The first-order valence-corrected chi connectivity index (χ1v) is 7.37. The molecule has 5 nitrogen and oxygen atoms in total. The van der Waals surface area contributed by atoms with Gasteiger partial charge in [0.15, 0.2) is 5.82 Å². The largest absolute Gasteiger partial charge is 0.352 e. The SMILES string of the molecule is O=C(/C=C/c1ccccc1)N1CCN(c2cccnn2)CC1. The number of anilines is 1. The molecule has 0 radical (unpaired) electrons. The summed E-state index contributed by atoms with van der Waals surface area (Å²) >= 11 is 0. The summed E-state index contributed by atoms with van der Waals surface area (Å²) in [6, 6.07) is 13.7. The quantitative estimate of drug-likeness (QED) is 0.811. The van der Waals surface area contributed by atoms with Gasteiger partial charge in [0, 0.05) is 38.5 Å². The van der Waals surface area contributed by atoms with Gasteiger partial charge < -0.3 is 9.80 Å². The van der Waals surface area contributed by atoms with Gasteiger partial charge >= 0.3 is 0 Å². The molecule has 1 saturated heterocycles. The van der Waals surface area contributed by atoms with Gasteiger partial charge in [0.25, 0.3) is 0 Å². The number of hydrogen-bond donors (Lipinski definition) is 0. The summed E-state index contributed by atoms with van der Waals surface area (Å²) in [5.74, 6) is 0.928. The number of amides is 1. The van der Waals surface area contributed by atoms with Crippen molar-refractivity contribution in [3.8, 4) is 0 Å². The highest BCUT2D eigenvalue weighted by molar-refractivity contribution is 5.91. The van der Waals surface area contributed by atoms with Crippen LogP contribution < -0.4 is 4.90 Å². The lowest BCUT2D eigenvalue weighted by molar-refractivity contribution is -0.126. The Hall–Kier alpha value is -2.69. The zero-order valence-corrected chi connectivity index (χ0v) is 12.3. The molecule has 1 aromatic heterocycles. The van der Waals surface area contributed by atoms with Gasteiger partial charge in [0.2, 0.25) is 5.91 Å². The van der Waals surface area contributed by atoms with Crippen molar-refractivity contribution >= 4 is 17.8 Å². The van der Waals surface area contributed by atoms with Crippen LogP contribution in [0.25, 0.3) is 6.08 Å². The van der Waals surface area contributed by atoms with E-state index in [4.69, 9.17) is 0 Å². The van der Waals surface area contributed by atoms with E-state index >= 15 is 0 Å². The molecule has 1 fully saturated rings. The Labute approximate surface area is 129 Å². The van der Waals surface area contributed by atoms with Crippen molar-refractivity contribution in [2.75, 3.05) is 31.1 Å². The molecular formula is C17H18N4O. The number of carbonyl (C=O) groups is 1. The van der Waals surface area contributed by atoms with E-state index in [1.807, 2.05) is 53.4 Å². The molecule has 22 heavy (non-hydrogen) atoms. The first kappa shape index (κ1) is 14.3. The van der Waals surface area contributed by atoms with E-state index in [2.05, 4.69) is 15.1 Å². The van der Waals surface area contributed by atoms with Crippen LogP contribution in [0.2, 0.25) is 0 Å². The van der Waals surface area contributed by atoms with Crippen LogP contribution in [0.1, 0.15) is 5.56 Å². The summed E-state index contributed by atoms with van der Waals surface area (Å²) in [7, 11) is 0. The van der Waals surface area contributed by atoms with Gasteiger partial charge in [0.05, 0.1) is 0 Å². The number of hydrogen-bond acceptors (Lipinski definition) is 4. The Morgan fingerprint density at radius 2 is 1.77 bits per heavy atom. The highest BCUT2D eigenvalue weighted by Gasteiger charge is 2.20. The number of rotatable bonds is 3. The number of piperazine rings is 1. The molecule has 0 unspecified atom stereocenters. The highest BCUT2D eigenvalue weighted by Crippen LogP contribution is 2.12. The zero-order chi connectivity index (χ0) is 15.2. The minimum atomic E-state index is 0.0580. The van der Waals surface area contributed by atoms with E-state index < -0.39 is 0 Å². The fourth-order valence-electron chi connectivity index (χ4n) is 2.46. The molecule has 1 aromatic carbocycles. The second-order valence-corrected chi connectivity index (χ2v) is 5.14. The van der Waals surface area contributed by atoms with Crippen molar-refractivity contribution in [3.63, 3.8) is 0 Å². The van der Waals surface area contributed by atoms with Crippen LogP contribution >= 0.6 is 0 Å². The van der Waals surface area contributed by atoms with Gasteiger partial charge in [0.1, 0.15) is 0 Å². The van der Waals surface area contributed by atoms with Crippen LogP contribution in [0.15, 0.2) is 54.7 Å². The molecule has 2 heterocycles. The van der Waals surface area contributed by atoms with Crippen molar-refractivity contribution in [3.05, 3.63) is 60.3 Å². The predicted molar refractivity (Wildman–Crippen MR) is 86.3 cm³/mol. The molecule has 1 aliphatic rings. The Morgan fingerprint density at radius 1 is 1.00 bits per heavy atom. The maximum Gasteiger partial charge on any atom is 0.246 e. The molecular weight excluding hydrogens is 276 g/mol.